The quantitative estimate of drug-likeness (QED) is 0.442. The molecule has 28 heavy (non-hydrogen) atoms. The van der Waals surface area contributed by atoms with Gasteiger partial charge in [0.2, 0.25) is 0 Å². The third-order valence-electron chi connectivity index (χ3n) is 4.05. The molecule has 4 nitrogen and oxygen atoms in total. The van der Waals surface area contributed by atoms with Gasteiger partial charge in [0.25, 0.3) is 0 Å². The Balaban J connectivity index is 1.73. The van der Waals surface area contributed by atoms with Gasteiger partial charge in [-0.1, -0.05) is 53.0 Å². The normalized spacial score (nSPS) is 10.5. The summed E-state index contributed by atoms with van der Waals surface area (Å²) in [6, 6.07) is 17.5. The zero-order valence-electron chi connectivity index (χ0n) is 14.6. The zero-order valence-corrected chi connectivity index (χ0v) is 16.9. The van der Waals surface area contributed by atoms with Crippen molar-refractivity contribution in [1.29, 1.82) is 0 Å². The molecule has 2 N–H and O–H groups in total. The maximum absolute atomic E-state index is 11.1. The average molecular weight is 437 g/mol. The highest BCUT2D eigenvalue weighted by atomic mass is 35.5. The number of nitrogens with one attached hydrogen (secondary N) is 1. The molecule has 144 valence electrons. The first kappa shape index (κ1) is 20.3. The highest BCUT2D eigenvalue weighted by molar-refractivity contribution is 6.33. The summed E-state index contributed by atoms with van der Waals surface area (Å²) in [5.74, 6) is -0.397. The van der Waals surface area contributed by atoms with Gasteiger partial charge in [0.15, 0.2) is 0 Å². The van der Waals surface area contributed by atoms with Crippen molar-refractivity contribution in [2.45, 2.75) is 13.2 Å². The predicted molar refractivity (Wildman–Crippen MR) is 113 cm³/mol. The number of benzene rings is 3. The van der Waals surface area contributed by atoms with Gasteiger partial charge in [-0.3, -0.25) is 0 Å². The van der Waals surface area contributed by atoms with Crippen molar-refractivity contribution in [3.8, 4) is 5.75 Å². The molecule has 3 rings (SSSR count). The second-order valence-corrected chi connectivity index (χ2v) is 7.24. The van der Waals surface area contributed by atoms with Gasteiger partial charge >= 0.3 is 5.97 Å². The van der Waals surface area contributed by atoms with Crippen LogP contribution in [0.4, 0.5) is 5.69 Å². The molecule has 0 amide bonds. The predicted octanol–water partition coefficient (Wildman–Crippen LogP) is 6.54. The number of ether oxygens (including phenoxy) is 1. The minimum Gasteiger partial charge on any atom is -0.488 e. The van der Waals surface area contributed by atoms with E-state index in [4.69, 9.17) is 44.6 Å². The Morgan fingerprint density at radius 2 is 1.71 bits per heavy atom. The first-order valence-corrected chi connectivity index (χ1v) is 9.49. The number of hydrogen-bond acceptors (Lipinski definition) is 3. The van der Waals surface area contributed by atoms with E-state index in [1.165, 1.54) is 6.07 Å². The Hall–Kier alpha value is -2.40. The molecule has 0 aliphatic carbocycles. The maximum Gasteiger partial charge on any atom is 0.337 e. The van der Waals surface area contributed by atoms with Crippen LogP contribution in [0.15, 0.2) is 60.7 Å². The van der Waals surface area contributed by atoms with E-state index in [0.717, 1.165) is 11.1 Å². The molecule has 0 heterocycles. The summed E-state index contributed by atoms with van der Waals surface area (Å²) in [6.07, 6.45) is 0. The van der Waals surface area contributed by atoms with Gasteiger partial charge < -0.3 is 15.2 Å². The van der Waals surface area contributed by atoms with Crippen LogP contribution in [0.2, 0.25) is 15.1 Å². The number of carboxylic acids is 1. The number of rotatable bonds is 7. The number of carbonyl (C=O) groups is 1. The summed E-state index contributed by atoms with van der Waals surface area (Å²) >= 11 is 18.3. The van der Waals surface area contributed by atoms with Crippen LogP contribution >= 0.6 is 34.8 Å². The topological polar surface area (TPSA) is 58.6 Å². The van der Waals surface area contributed by atoms with Gasteiger partial charge in [0.1, 0.15) is 12.4 Å². The minimum atomic E-state index is -1.07. The van der Waals surface area contributed by atoms with E-state index in [1.54, 1.807) is 24.3 Å². The third kappa shape index (κ3) is 5.10. The van der Waals surface area contributed by atoms with Crippen molar-refractivity contribution >= 4 is 46.5 Å². The Labute approximate surface area is 177 Å². The van der Waals surface area contributed by atoms with E-state index in [0.29, 0.717) is 34.6 Å². The molecule has 3 aromatic carbocycles. The zero-order chi connectivity index (χ0) is 20.1. The minimum absolute atomic E-state index is 0.0544. The van der Waals surface area contributed by atoms with E-state index in [2.05, 4.69) is 5.32 Å². The fourth-order valence-corrected chi connectivity index (χ4v) is 3.24. The van der Waals surface area contributed by atoms with Crippen LogP contribution in [-0.2, 0) is 13.2 Å². The van der Waals surface area contributed by atoms with Crippen LogP contribution in [0, 0.1) is 0 Å². The molecule has 0 saturated carbocycles. The van der Waals surface area contributed by atoms with Crippen LogP contribution < -0.4 is 10.1 Å². The highest BCUT2D eigenvalue weighted by Crippen LogP contribution is 2.27. The van der Waals surface area contributed by atoms with Crippen molar-refractivity contribution in [3.63, 3.8) is 0 Å². The van der Waals surface area contributed by atoms with Gasteiger partial charge in [-0.25, -0.2) is 4.79 Å². The van der Waals surface area contributed by atoms with E-state index in [1.807, 2.05) is 30.3 Å². The molecule has 0 radical (unpaired) electrons. The van der Waals surface area contributed by atoms with Crippen molar-refractivity contribution in [2.24, 2.45) is 0 Å². The van der Waals surface area contributed by atoms with Crippen LogP contribution in [-0.4, -0.2) is 11.1 Å². The monoisotopic (exact) mass is 435 g/mol. The van der Waals surface area contributed by atoms with Gasteiger partial charge in [-0.2, -0.15) is 0 Å². The molecule has 0 atom stereocenters. The Kier molecular flexibility index (Phi) is 6.68. The molecule has 7 heteroatoms. The van der Waals surface area contributed by atoms with Crippen LogP contribution in [0.5, 0.6) is 5.75 Å². The molecule has 0 spiro atoms. The Bertz CT molecular complexity index is 1010. The van der Waals surface area contributed by atoms with Crippen LogP contribution in [0.3, 0.4) is 0 Å². The van der Waals surface area contributed by atoms with Gasteiger partial charge in [0, 0.05) is 33.4 Å². The standard InChI is InChI=1S/C21H16Cl3NO3/c22-15-5-8-20(28-12-13-3-1-2-4-18(13)23)14(9-15)11-25-16-6-7-17(21(26)27)19(24)10-16/h1-10,25H,11-12H2,(H,26,27). The lowest BCUT2D eigenvalue weighted by molar-refractivity contribution is 0.0697. The number of aromatic carboxylic acids is 1. The van der Waals surface area contributed by atoms with Gasteiger partial charge in [-0.15, -0.1) is 0 Å². The average Bonchev–Trinajstić information content (AvgIpc) is 2.66. The molecule has 0 bridgehead atoms. The van der Waals surface area contributed by atoms with Gasteiger partial charge in [0.05, 0.1) is 10.6 Å². The molecule has 3 aromatic rings. The van der Waals surface area contributed by atoms with Crippen molar-refractivity contribution in [3.05, 3.63) is 92.4 Å². The number of hydrogen-bond donors (Lipinski definition) is 2. The fourth-order valence-electron chi connectivity index (χ4n) is 2.59. The second kappa shape index (κ2) is 9.20. The van der Waals surface area contributed by atoms with Crippen LogP contribution in [0.1, 0.15) is 21.5 Å². The van der Waals surface area contributed by atoms with Crippen molar-refractivity contribution in [1.82, 2.24) is 0 Å². The maximum atomic E-state index is 11.1. The Morgan fingerprint density at radius 1 is 0.929 bits per heavy atom. The van der Waals surface area contributed by atoms with Crippen molar-refractivity contribution in [2.75, 3.05) is 5.32 Å². The fraction of sp³-hybridized carbons (Fsp3) is 0.0952. The van der Waals surface area contributed by atoms with Crippen molar-refractivity contribution < 1.29 is 14.6 Å². The summed E-state index contributed by atoms with van der Waals surface area (Å²) < 4.78 is 5.93. The Morgan fingerprint density at radius 3 is 2.43 bits per heavy atom. The van der Waals surface area contributed by atoms with E-state index < -0.39 is 5.97 Å². The molecule has 0 aliphatic rings. The first-order valence-electron chi connectivity index (χ1n) is 8.35. The lowest BCUT2D eigenvalue weighted by Gasteiger charge is -2.14. The van der Waals surface area contributed by atoms with E-state index >= 15 is 0 Å². The number of anilines is 1. The lowest BCUT2D eigenvalue weighted by Crippen LogP contribution is -2.05. The third-order valence-corrected chi connectivity index (χ3v) is 4.96. The molecule has 0 aliphatic heterocycles. The van der Waals surface area contributed by atoms with Crippen LogP contribution in [0.25, 0.3) is 0 Å². The molecular weight excluding hydrogens is 421 g/mol. The highest BCUT2D eigenvalue weighted by Gasteiger charge is 2.10. The van der Waals surface area contributed by atoms with E-state index in [-0.39, 0.29) is 10.6 Å². The largest absolute Gasteiger partial charge is 0.488 e. The SMILES string of the molecule is O=C(O)c1ccc(NCc2cc(Cl)ccc2OCc2ccccc2Cl)cc1Cl. The summed E-state index contributed by atoms with van der Waals surface area (Å²) in [5, 5.41) is 13.7. The summed E-state index contributed by atoms with van der Waals surface area (Å²) in [6.45, 7) is 0.745. The van der Waals surface area contributed by atoms with E-state index in [9.17, 15) is 4.79 Å². The smallest absolute Gasteiger partial charge is 0.337 e. The van der Waals surface area contributed by atoms with Gasteiger partial charge in [-0.05, 0) is 42.5 Å². The summed E-state index contributed by atoms with van der Waals surface area (Å²) in [5.41, 5.74) is 2.47. The molecule has 0 saturated heterocycles. The second-order valence-electron chi connectivity index (χ2n) is 5.99. The summed E-state index contributed by atoms with van der Waals surface area (Å²) in [7, 11) is 0. The lowest BCUT2D eigenvalue weighted by atomic mass is 10.1. The number of halogens is 3. The molecular formula is C21H16Cl3NO3. The molecule has 0 aromatic heterocycles. The molecule has 0 unspecified atom stereocenters. The first-order chi connectivity index (χ1) is 13.4. The number of carboxylic acid groups (broad SMARTS) is 1. The summed E-state index contributed by atoms with van der Waals surface area (Å²) in [4.78, 5) is 11.1. The molecule has 0 fully saturated rings.